The number of likely N-dealkylation sites (tertiary alicyclic amines) is 1. The molecular formula is C14H27N3O. The van der Waals surface area contributed by atoms with Crippen molar-refractivity contribution >= 4 is 5.91 Å². The Hall–Kier alpha value is -0.610. The maximum Gasteiger partial charge on any atom is 0.238 e. The standard InChI is InChI=1S/C14H27N3O/c1-10(2)7-13-15-8-14(18)17(13)12-5-6-16(4)9-11(12)3/h10-13,15H,5-9H2,1-4H3. The summed E-state index contributed by atoms with van der Waals surface area (Å²) in [4.78, 5) is 16.7. The third kappa shape index (κ3) is 2.86. The lowest BCUT2D eigenvalue weighted by Gasteiger charge is -2.42. The van der Waals surface area contributed by atoms with Crippen molar-refractivity contribution in [2.75, 3.05) is 26.7 Å². The van der Waals surface area contributed by atoms with E-state index in [2.05, 4.69) is 42.9 Å². The summed E-state index contributed by atoms with van der Waals surface area (Å²) in [6.45, 7) is 9.45. The van der Waals surface area contributed by atoms with Gasteiger partial charge in [0.25, 0.3) is 0 Å². The van der Waals surface area contributed by atoms with E-state index in [1.165, 1.54) is 0 Å². The van der Waals surface area contributed by atoms with Crippen molar-refractivity contribution in [3.63, 3.8) is 0 Å². The number of rotatable bonds is 3. The minimum absolute atomic E-state index is 0.258. The summed E-state index contributed by atoms with van der Waals surface area (Å²) in [6, 6.07) is 0.424. The first-order chi connectivity index (χ1) is 8.49. The van der Waals surface area contributed by atoms with Gasteiger partial charge in [-0.2, -0.15) is 0 Å². The molecule has 0 aromatic carbocycles. The molecule has 2 aliphatic rings. The van der Waals surface area contributed by atoms with E-state index in [4.69, 9.17) is 0 Å². The lowest BCUT2D eigenvalue weighted by molar-refractivity contribution is -0.132. The first kappa shape index (κ1) is 13.8. The fraction of sp³-hybridized carbons (Fsp3) is 0.929. The minimum Gasteiger partial charge on any atom is -0.323 e. The zero-order valence-corrected chi connectivity index (χ0v) is 12.1. The Morgan fingerprint density at radius 2 is 2.17 bits per heavy atom. The Bertz CT molecular complexity index is 305. The largest absolute Gasteiger partial charge is 0.323 e. The molecule has 0 aromatic heterocycles. The maximum atomic E-state index is 12.1. The zero-order valence-electron chi connectivity index (χ0n) is 12.1. The van der Waals surface area contributed by atoms with E-state index in [1.54, 1.807) is 0 Å². The van der Waals surface area contributed by atoms with E-state index in [0.717, 1.165) is 25.9 Å². The van der Waals surface area contributed by atoms with Crippen LogP contribution < -0.4 is 5.32 Å². The monoisotopic (exact) mass is 253 g/mol. The normalized spacial score (nSPS) is 34.6. The van der Waals surface area contributed by atoms with Gasteiger partial charge in [0, 0.05) is 12.6 Å². The molecule has 0 bridgehead atoms. The average Bonchev–Trinajstić information content (AvgIpc) is 2.60. The lowest BCUT2D eigenvalue weighted by atomic mass is 9.92. The highest BCUT2D eigenvalue weighted by Gasteiger charge is 2.39. The van der Waals surface area contributed by atoms with Crippen LogP contribution in [0.3, 0.4) is 0 Å². The van der Waals surface area contributed by atoms with Crippen LogP contribution in [-0.2, 0) is 4.79 Å². The van der Waals surface area contributed by atoms with Gasteiger partial charge in [0.05, 0.1) is 12.7 Å². The molecule has 2 aliphatic heterocycles. The zero-order chi connectivity index (χ0) is 13.3. The van der Waals surface area contributed by atoms with Gasteiger partial charge in [0.15, 0.2) is 0 Å². The highest BCUT2D eigenvalue weighted by atomic mass is 16.2. The summed E-state index contributed by atoms with van der Waals surface area (Å²) in [5, 5.41) is 3.38. The van der Waals surface area contributed by atoms with Crippen molar-refractivity contribution in [2.24, 2.45) is 11.8 Å². The summed E-state index contributed by atoms with van der Waals surface area (Å²) in [5.74, 6) is 1.49. The fourth-order valence-corrected chi connectivity index (χ4v) is 3.38. The fourth-order valence-electron chi connectivity index (χ4n) is 3.38. The molecule has 0 aliphatic carbocycles. The van der Waals surface area contributed by atoms with Gasteiger partial charge in [0.2, 0.25) is 5.91 Å². The van der Waals surface area contributed by atoms with E-state index >= 15 is 0 Å². The quantitative estimate of drug-likeness (QED) is 0.819. The van der Waals surface area contributed by atoms with E-state index in [1.807, 2.05) is 0 Å². The van der Waals surface area contributed by atoms with Crippen molar-refractivity contribution in [1.82, 2.24) is 15.1 Å². The van der Waals surface area contributed by atoms with Gasteiger partial charge >= 0.3 is 0 Å². The SMILES string of the molecule is CC(C)CC1NCC(=O)N1C1CCN(C)CC1C. The van der Waals surface area contributed by atoms with Crippen LogP contribution in [0.5, 0.6) is 0 Å². The van der Waals surface area contributed by atoms with Crippen LogP contribution in [-0.4, -0.2) is 54.6 Å². The summed E-state index contributed by atoms with van der Waals surface area (Å²) < 4.78 is 0. The summed E-state index contributed by atoms with van der Waals surface area (Å²) >= 11 is 0. The third-order valence-corrected chi connectivity index (χ3v) is 4.23. The number of piperidine rings is 1. The second kappa shape index (κ2) is 5.57. The number of nitrogens with zero attached hydrogens (tertiary/aromatic N) is 2. The summed E-state index contributed by atoms with van der Waals surface area (Å²) in [5.41, 5.74) is 0. The van der Waals surface area contributed by atoms with Gasteiger partial charge in [-0.1, -0.05) is 20.8 Å². The van der Waals surface area contributed by atoms with Crippen molar-refractivity contribution in [2.45, 2.75) is 45.8 Å². The first-order valence-electron chi connectivity index (χ1n) is 7.22. The number of nitrogens with one attached hydrogen (secondary N) is 1. The molecule has 4 heteroatoms. The smallest absolute Gasteiger partial charge is 0.238 e. The Kier molecular flexibility index (Phi) is 4.28. The Morgan fingerprint density at radius 3 is 2.78 bits per heavy atom. The Labute approximate surface area is 111 Å². The molecule has 1 N–H and O–H groups in total. The molecule has 4 nitrogen and oxygen atoms in total. The number of carbonyl (C=O) groups excluding carboxylic acids is 1. The maximum absolute atomic E-state index is 12.1. The summed E-state index contributed by atoms with van der Waals surface area (Å²) in [6.07, 6.45) is 2.43. The van der Waals surface area contributed by atoms with Gasteiger partial charge in [0.1, 0.15) is 0 Å². The molecule has 104 valence electrons. The van der Waals surface area contributed by atoms with Gasteiger partial charge in [-0.05, 0) is 38.3 Å². The molecule has 2 saturated heterocycles. The van der Waals surface area contributed by atoms with Crippen molar-refractivity contribution < 1.29 is 4.79 Å². The van der Waals surface area contributed by atoms with Crippen LogP contribution in [0.4, 0.5) is 0 Å². The lowest BCUT2D eigenvalue weighted by Crippen LogP contribution is -2.53. The molecule has 0 spiro atoms. The second-order valence-electron chi connectivity index (χ2n) is 6.42. The first-order valence-corrected chi connectivity index (χ1v) is 7.22. The van der Waals surface area contributed by atoms with Crippen LogP contribution in [0.25, 0.3) is 0 Å². The third-order valence-electron chi connectivity index (χ3n) is 4.23. The van der Waals surface area contributed by atoms with Crippen molar-refractivity contribution in [1.29, 1.82) is 0 Å². The van der Waals surface area contributed by atoms with Gasteiger partial charge in [-0.3, -0.25) is 10.1 Å². The van der Waals surface area contributed by atoms with Crippen LogP contribution in [0, 0.1) is 11.8 Å². The predicted molar refractivity (Wildman–Crippen MR) is 73.2 cm³/mol. The van der Waals surface area contributed by atoms with Crippen LogP contribution in [0.2, 0.25) is 0 Å². The van der Waals surface area contributed by atoms with E-state index < -0.39 is 0 Å². The molecule has 0 radical (unpaired) electrons. The van der Waals surface area contributed by atoms with Crippen molar-refractivity contribution in [3.8, 4) is 0 Å². The highest BCUT2D eigenvalue weighted by Crippen LogP contribution is 2.26. The predicted octanol–water partition coefficient (Wildman–Crippen LogP) is 1.13. The number of hydrogen-bond donors (Lipinski definition) is 1. The summed E-state index contributed by atoms with van der Waals surface area (Å²) in [7, 11) is 2.17. The van der Waals surface area contributed by atoms with E-state index in [-0.39, 0.29) is 6.17 Å². The van der Waals surface area contributed by atoms with E-state index in [0.29, 0.717) is 30.3 Å². The topological polar surface area (TPSA) is 35.6 Å². The van der Waals surface area contributed by atoms with Crippen LogP contribution in [0.15, 0.2) is 0 Å². The molecular weight excluding hydrogens is 226 g/mol. The second-order valence-corrected chi connectivity index (χ2v) is 6.42. The van der Waals surface area contributed by atoms with Gasteiger partial charge in [-0.25, -0.2) is 0 Å². The highest BCUT2D eigenvalue weighted by molar-refractivity contribution is 5.81. The van der Waals surface area contributed by atoms with E-state index in [9.17, 15) is 4.79 Å². The molecule has 1 amide bonds. The molecule has 3 unspecified atom stereocenters. The Balaban J connectivity index is 2.06. The van der Waals surface area contributed by atoms with Crippen LogP contribution in [0.1, 0.15) is 33.6 Å². The molecule has 3 atom stereocenters. The minimum atomic E-state index is 0.258. The van der Waals surface area contributed by atoms with Crippen molar-refractivity contribution in [3.05, 3.63) is 0 Å². The number of hydrogen-bond acceptors (Lipinski definition) is 3. The number of carbonyl (C=O) groups is 1. The number of amides is 1. The molecule has 18 heavy (non-hydrogen) atoms. The molecule has 2 heterocycles. The molecule has 0 saturated carbocycles. The molecule has 0 aromatic rings. The average molecular weight is 253 g/mol. The molecule has 2 rings (SSSR count). The van der Waals surface area contributed by atoms with Gasteiger partial charge in [-0.15, -0.1) is 0 Å². The van der Waals surface area contributed by atoms with Crippen LogP contribution >= 0.6 is 0 Å². The molecule has 2 fully saturated rings. The Morgan fingerprint density at radius 1 is 1.44 bits per heavy atom. The van der Waals surface area contributed by atoms with Gasteiger partial charge < -0.3 is 9.80 Å².